The van der Waals surface area contributed by atoms with Gasteiger partial charge < -0.3 is 14.4 Å². The summed E-state index contributed by atoms with van der Waals surface area (Å²) in [5, 5.41) is 0.895. The Morgan fingerprint density at radius 3 is 1.94 bits per heavy atom. The highest BCUT2D eigenvalue weighted by Crippen LogP contribution is 2.52. The van der Waals surface area contributed by atoms with Crippen LogP contribution in [0.1, 0.15) is 32.0 Å². The molecular formula is C28H37N2O4P. The summed E-state index contributed by atoms with van der Waals surface area (Å²) in [6.45, 7) is 5.11. The molecule has 0 fully saturated rings. The van der Waals surface area contributed by atoms with E-state index in [1.54, 1.807) is 6.07 Å². The minimum absolute atomic E-state index is 0. The van der Waals surface area contributed by atoms with Crippen LogP contribution in [0.15, 0.2) is 85.1 Å². The third kappa shape index (κ3) is 7.81. The van der Waals surface area contributed by atoms with Crippen molar-refractivity contribution in [3.63, 3.8) is 0 Å². The number of likely N-dealkylation sites (N-methyl/N-ethyl adjacent to an activating group) is 1. The van der Waals surface area contributed by atoms with Gasteiger partial charge in [0.05, 0.1) is 13.2 Å². The van der Waals surface area contributed by atoms with E-state index in [0.717, 1.165) is 40.6 Å². The molecule has 1 N–H and O–H groups in total. The van der Waals surface area contributed by atoms with Gasteiger partial charge in [-0.05, 0) is 49.3 Å². The molecule has 0 atom stereocenters. The molecule has 0 bridgehead atoms. The van der Waals surface area contributed by atoms with Gasteiger partial charge in [0.15, 0.2) is 0 Å². The molecule has 0 saturated carbocycles. The summed E-state index contributed by atoms with van der Waals surface area (Å²) in [4.78, 5) is 5.41. The van der Waals surface area contributed by atoms with Crippen LogP contribution in [0, 0.1) is 0 Å². The number of aromatic nitrogens is 1. The molecule has 0 unspecified atom stereocenters. The van der Waals surface area contributed by atoms with Gasteiger partial charge in [0.1, 0.15) is 5.75 Å². The number of phosphoric ester groups is 1. The second-order valence-electron chi connectivity index (χ2n) is 8.10. The van der Waals surface area contributed by atoms with Crippen LogP contribution >= 0.6 is 7.82 Å². The molecule has 0 saturated heterocycles. The number of rotatable bonds is 11. The van der Waals surface area contributed by atoms with Crippen LogP contribution in [0.2, 0.25) is 0 Å². The number of nitrogens with zero attached hydrogens (tertiary/aromatic N) is 1. The SMILES string of the molecule is CC.CN(C)CCc1c[nH]c2cccc(OP(=O)(OCc3ccccc3)OCc3ccccc3)c12.[HH]. The molecule has 0 aliphatic carbocycles. The molecule has 0 radical (unpaired) electrons. The zero-order valence-electron chi connectivity index (χ0n) is 20.9. The van der Waals surface area contributed by atoms with E-state index in [1.807, 2.05) is 107 Å². The maximum Gasteiger partial charge on any atom is 0.530 e. The molecule has 4 rings (SSSR count). The molecule has 188 valence electrons. The fraction of sp³-hybridized carbons (Fsp3) is 0.286. The fourth-order valence-corrected chi connectivity index (χ4v) is 4.69. The third-order valence-corrected chi connectivity index (χ3v) is 6.56. The smallest absolute Gasteiger partial charge is 0.403 e. The summed E-state index contributed by atoms with van der Waals surface area (Å²) in [6, 6.07) is 24.8. The first-order valence-corrected chi connectivity index (χ1v) is 13.4. The first-order valence-electron chi connectivity index (χ1n) is 11.9. The van der Waals surface area contributed by atoms with Crippen LogP contribution in [0.3, 0.4) is 0 Å². The van der Waals surface area contributed by atoms with Crippen molar-refractivity contribution >= 4 is 18.7 Å². The van der Waals surface area contributed by atoms with Gasteiger partial charge in [-0.25, -0.2) is 4.57 Å². The van der Waals surface area contributed by atoms with Gasteiger partial charge in [-0.15, -0.1) is 0 Å². The lowest BCUT2D eigenvalue weighted by molar-refractivity contribution is 0.143. The van der Waals surface area contributed by atoms with Crippen LogP contribution in [0.4, 0.5) is 0 Å². The molecule has 7 heteroatoms. The number of aromatic amines is 1. The summed E-state index contributed by atoms with van der Waals surface area (Å²) < 4.78 is 31.4. The third-order valence-electron chi connectivity index (χ3n) is 5.25. The molecule has 1 aromatic heterocycles. The Morgan fingerprint density at radius 2 is 1.40 bits per heavy atom. The maximum absolute atomic E-state index is 13.8. The van der Waals surface area contributed by atoms with E-state index in [0.29, 0.717) is 5.75 Å². The summed E-state index contributed by atoms with van der Waals surface area (Å²) in [5.74, 6) is 0.479. The van der Waals surface area contributed by atoms with Crippen molar-refractivity contribution < 1.29 is 19.6 Å². The van der Waals surface area contributed by atoms with Gasteiger partial charge in [-0.3, -0.25) is 9.05 Å². The molecule has 4 aromatic rings. The summed E-state index contributed by atoms with van der Waals surface area (Å²) in [6.07, 6.45) is 2.80. The zero-order valence-corrected chi connectivity index (χ0v) is 21.8. The Morgan fingerprint density at radius 1 is 0.829 bits per heavy atom. The lowest BCUT2D eigenvalue weighted by Crippen LogP contribution is -2.14. The van der Waals surface area contributed by atoms with Crippen LogP contribution in [0.5, 0.6) is 5.75 Å². The van der Waals surface area contributed by atoms with Crippen molar-refractivity contribution in [1.82, 2.24) is 9.88 Å². The van der Waals surface area contributed by atoms with E-state index in [2.05, 4.69) is 9.88 Å². The average molecular weight is 497 g/mol. The van der Waals surface area contributed by atoms with Gasteiger partial charge in [0, 0.05) is 25.1 Å². The van der Waals surface area contributed by atoms with Gasteiger partial charge >= 0.3 is 7.82 Å². The molecule has 0 aliphatic heterocycles. The highest BCUT2D eigenvalue weighted by Gasteiger charge is 2.30. The van der Waals surface area contributed by atoms with E-state index in [4.69, 9.17) is 13.6 Å². The van der Waals surface area contributed by atoms with Crippen LogP contribution < -0.4 is 4.52 Å². The van der Waals surface area contributed by atoms with E-state index in [1.165, 1.54) is 0 Å². The zero-order chi connectivity index (χ0) is 25.1. The average Bonchev–Trinajstić information content (AvgIpc) is 3.32. The van der Waals surface area contributed by atoms with Crippen molar-refractivity contribution in [2.75, 3.05) is 20.6 Å². The first kappa shape index (κ1) is 26.7. The Labute approximate surface area is 209 Å². The van der Waals surface area contributed by atoms with Crippen LogP contribution in [-0.2, 0) is 33.2 Å². The van der Waals surface area contributed by atoms with E-state index < -0.39 is 7.82 Å². The summed E-state index contributed by atoms with van der Waals surface area (Å²) >= 11 is 0. The minimum atomic E-state index is -3.93. The number of benzene rings is 3. The standard InChI is InChI=1S/C26H29N2O4P.C2H6.H2/c1-28(2)17-16-23-18-27-24-14-9-15-25(26(23)24)32-33(29,30-19-21-10-5-3-6-11-21)31-20-22-12-7-4-8-13-22;1-2;/h3-15,18,27H,16-17,19-20H2,1-2H3;1-2H3;1H. The van der Waals surface area contributed by atoms with Crippen LogP contribution in [-0.4, -0.2) is 30.5 Å². The molecular weight excluding hydrogens is 459 g/mol. The Kier molecular flexibility index (Phi) is 10.1. The Balaban J connectivity index is 0.00000148. The van der Waals surface area contributed by atoms with Crippen molar-refractivity contribution in [2.45, 2.75) is 33.5 Å². The summed E-state index contributed by atoms with van der Waals surface area (Å²) in [5.41, 5.74) is 3.78. The number of phosphoric acid groups is 1. The molecule has 0 spiro atoms. The van der Waals surface area contributed by atoms with Crippen molar-refractivity contribution in [1.29, 1.82) is 0 Å². The Hall–Kier alpha value is -2.89. The van der Waals surface area contributed by atoms with Crippen LogP contribution in [0.25, 0.3) is 10.9 Å². The molecule has 1 heterocycles. The lowest BCUT2D eigenvalue weighted by atomic mass is 10.1. The number of nitrogens with one attached hydrogen (secondary N) is 1. The van der Waals surface area contributed by atoms with Gasteiger partial charge in [-0.2, -0.15) is 0 Å². The fourth-order valence-electron chi connectivity index (χ4n) is 3.50. The number of fused-ring (bicyclic) bond motifs is 1. The number of H-pyrrole nitrogens is 1. The van der Waals surface area contributed by atoms with Crippen molar-refractivity contribution in [3.05, 3.63) is 102 Å². The molecule has 0 aliphatic rings. The topological polar surface area (TPSA) is 63.8 Å². The highest BCUT2D eigenvalue weighted by molar-refractivity contribution is 7.48. The molecule has 6 nitrogen and oxygen atoms in total. The highest BCUT2D eigenvalue weighted by atomic mass is 31.2. The number of hydrogen-bond acceptors (Lipinski definition) is 5. The molecule has 3 aromatic carbocycles. The predicted molar refractivity (Wildman–Crippen MR) is 145 cm³/mol. The lowest BCUT2D eigenvalue weighted by Gasteiger charge is -2.20. The monoisotopic (exact) mass is 496 g/mol. The second-order valence-corrected chi connectivity index (χ2v) is 9.70. The second kappa shape index (κ2) is 13.3. The van der Waals surface area contributed by atoms with Gasteiger partial charge in [-0.1, -0.05) is 80.6 Å². The van der Waals surface area contributed by atoms with Gasteiger partial charge in [0.25, 0.3) is 0 Å². The van der Waals surface area contributed by atoms with Gasteiger partial charge in [0.2, 0.25) is 0 Å². The van der Waals surface area contributed by atoms with Crippen molar-refractivity contribution in [2.24, 2.45) is 0 Å². The Bertz CT molecular complexity index is 1170. The minimum Gasteiger partial charge on any atom is -0.403 e. The maximum atomic E-state index is 13.8. The summed E-state index contributed by atoms with van der Waals surface area (Å²) in [7, 11) is 0.140. The van der Waals surface area contributed by atoms with Crippen molar-refractivity contribution in [3.8, 4) is 5.75 Å². The predicted octanol–water partition coefficient (Wildman–Crippen LogP) is 7.46. The largest absolute Gasteiger partial charge is 0.530 e. The quantitative estimate of drug-likeness (QED) is 0.218. The molecule has 35 heavy (non-hydrogen) atoms. The normalized spacial score (nSPS) is 11.3. The first-order chi connectivity index (χ1) is 17.0. The number of hydrogen-bond donors (Lipinski definition) is 1. The molecule has 0 amide bonds. The van der Waals surface area contributed by atoms with E-state index >= 15 is 0 Å². The van der Waals surface area contributed by atoms with E-state index in [-0.39, 0.29) is 14.6 Å². The van der Waals surface area contributed by atoms with E-state index in [9.17, 15) is 4.57 Å².